The molecule has 0 saturated heterocycles. The first-order valence-corrected chi connectivity index (χ1v) is 5.10. The van der Waals surface area contributed by atoms with Gasteiger partial charge in [0.1, 0.15) is 0 Å². The molecule has 0 aromatic heterocycles. The molecule has 0 fully saturated rings. The van der Waals surface area contributed by atoms with Crippen molar-refractivity contribution in [2.24, 2.45) is 0 Å². The highest BCUT2D eigenvalue weighted by Gasteiger charge is 2.33. The van der Waals surface area contributed by atoms with E-state index in [9.17, 15) is 22.8 Å². The lowest BCUT2D eigenvalue weighted by molar-refractivity contribution is -0.140. The molecule has 0 aliphatic rings. The third-order valence-electron chi connectivity index (χ3n) is 2.40. The van der Waals surface area contributed by atoms with E-state index in [1.165, 1.54) is 13.2 Å². The fourth-order valence-electron chi connectivity index (χ4n) is 1.46. The molecule has 0 atom stereocenters. The molecule has 0 N–H and O–H groups in total. The molecule has 6 heteroatoms. The van der Waals surface area contributed by atoms with Crippen LogP contribution in [0.3, 0.4) is 0 Å². The van der Waals surface area contributed by atoms with Gasteiger partial charge >= 0.3 is 12.1 Å². The van der Waals surface area contributed by atoms with Crippen molar-refractivity contribution >= 4 is 12.3 Å². The fraction of sp³-hybridized carbons (Fsp3) is 0.333. The van der Waals surface area contributed by atoms with Crippen LogP contribution in [-0.2, 0) is 22.1 Å². The number of ether oxygens (including phenoxy) is 1. The summed E-state index contributed by atoms with van der Waals surface area (Å²) in [5, 5.41) is 0. The highest BCUT2D eigenvalue weighted by Crippen LogP contribution is 2.32. The van der Waals surface area contributed by atoms with E-state index in [4.69, 9.17) is 0 Å². The summed E-state index contributed by atoms with van der Waals surface area (Å²) in [7, 11) is 1.21. The minimum atomic E-state index is -4.59. The number of aryl methyl sites for hydroxylation is 1. The number of carbonyl (C=O) groups is 2. The second kappa shape index (κ2) is 5.66. The van der Waals surface area contributed by atoms with E-state index in [-0.39, 0.29) is 19.1 Å². The highest BCUT2D eigenvalue weighted by atomic mass is 19.4. The molecule has 1 aromatic carbocycles. The van der Waals surface area contributed by atoms with Crippen LogP contribution in [0.5, 0.6) is 0 Å². The zero-order chi connectivity index (χ0) is 13.8. The molecule has 0 radical (unpaired) electrons. The van der Waals surface area contributed by atoms with Gasteiger partial charge in [0.15, 0.2) is 6.29 Å². The SMILES string of the molecule is COC(=O)CCc1ccc(C=O)c(C(F)(F)F)c1. The first-order valence-electron chi connectivity index (χ1n) is 5.10. The standard InChI is InChI=1S/C12H11F3O3/c1-18-11(17)5-3-8-2-4-9(7-16)10(6-8)12(13,14)15/h2,4,6-7H,3,5H2,1H3. The van der Waals surface area contributed by atoms with Crippen LogP contribution in [-0.4, -0.2) is 19.4 Å². The van der Waals surface area contributed by atoms with Crippen molar-refractivity contribution in [3.05, 3.63) is 34.9 Å². The average Bonchev–Trinajstić information content (AvgIpc) is 2.34. The average molecular weight is 260 g/mol. The Bertz CT molecular complexity index is 452. The lowest BCUT2D eigenvalue weighted by atomic mass is 10.0. The van der Waals surface area contributed by atoms with Crippen LogP contribution in [0.4, 0.5) is 13.2 Å². The third kappa shape index (κ3) is 3.58. The van der Waals surface area contributed by atoms with Crippen molar-refractivity contribution in [1.82, 2.24) is 0 Å². The normalized spacial score (nSPS) is 11.1. The molecule has 0 unspecified atom stereocenters. The number of alkyl halides is 3. The van der Waals surface area contributed by atoms with Crippen LogP contribution in [0.1, 0.15) is 27.9 Å². The predicted octanol–water partition coefficient (Wildman–Crippen LogP) is 2.62. The summed E-state index contributed by atoms with van der Waals surface area (Å²) in [6.45, 7) is 0. The summed E-state index contributed by atoms with van der Waals surface area (Å²) < 4.78 is 42.3. The number of aldehydes is 1. The van der Waals surface area contributed by atoms with Crippen molar-refractivity contribution in [2.75, 3.05) is 7.11 Å². The van der Waals surface area contributed by atoms with E-state index >= 15 is 0 Å². The number of carbonyl (C=O) groups excluding carboxylic acids is 2. The van der Waals surface area contributed by atoms with Crippen LogP contribution < -0.4 is 0 Å². The third-order valence-corrected chi connectivity index (χ3v) is 2.40. The Kier molecular flexibility index (Phi) is 4.47. The van der Waals surface area contributed by atoms with E-state index in [2.05, 4.69) is 4.74 Å². The smallest absolute Gasteiger partial charge is 0.417 e. The predicted molar refractivity (Wildman–Crippen MR) is 57.2 cm³/mol. The zero-order valence-electron chi connectivity index (χ0n) is 9.58. The van der Waals surface area contributed by atoms with E-state index in [1.54, 1.807) is 0 Å². The maximum atomic E-state index is 12.6. The van der Waals surface area contributed by atoms with Gasteiger partial charge in [0.05, 0.1) is 12.7 Å². The summed E-state index contributed by atoms with van der Waals surface area (Å²) >= 11 is 0. The first kappa shape index (κ1) is 14.2. The Hall–Kier alpha value is -1.85. The van der Waals surface area contributed by atoms with Crippen molar-refractivity contribution in [1.29, 1.82) is 0 Å². The number of methoxy groups -OCH3 is 1. The van der Waals surface area contributed by atoms with Crippen molar-refractivity contribution < 1.29 is 27.5 Å². The summed E-state index contributed by atoms with van der Waals surface area (Å²) in [5.41, 5.74) is -1.07. The van der Waals surface area contributed by atoms with Crippen molar-refractivity contribution in [3.8, 4) is 0 Å². The number of esters is 1. The minimum Gasteiger partial charge on any atom is -0.469 e. The van der Waals surface area contributed by atoms with Gasteiger partial charge in [-0.15, -0.1) is 0 Å². The van der Waals surface area contributed by atoms with Gasteiger partial charge in [-0.1, -0.05) is 12.1 Å². The number of hydrogen-bond donors (Lipinski definition) is 0. The Morgan fingerprint density at radius 3 is 2.56 bits per heavy atom. The minimum absolute atomic E-state index is 0.00572. The van der Waals surface area contributed by atoms with Gasteiger partial charge in [0.25, 0.3) is 0 Å². The number of benzene rings is 1. The molecule has 0 amide bonds. The van der Waals surface area contributed by atoms with Gasteiger partial charge in [-0.3, -0.25) is 9.59 Å². The molecule has 0 saturated carbocycles. The summed E-state index contributed by atoms with van der Waals surface area (Å²) in [6.07, 6.45) is -4.30. The van der Waals surface area contributed by atoms with Gasteiger partial charge in [0.2, 0.25) is 0 Å². The maximum absolute atomic E-state index is 12.6. The molecule has 0 heterocycles. The van der Waals surface area contributed by atoms with Crippen LogP contribution in [0.15, 0.2) is 18.2 Å². The van der Waals surface area contributed by atoms with Crippen LogP contribution in [0, 0.1) is 0 Å². The topological polar surface area (TPSA) is 43.4 Å². The Morgan fingerprint density at radius 2 is 2.06 bits per heavy atom. The van der Waals surface area contributed by atoms with Crippen LogP contribution >= 0.6 is 0 Å². The van der Waals surface area contributed by atoms with Gasteiger partial charge in [-0.25, -0.2) is 0 Å². The van der Waals surface area contributed by atoms with Crippen molar-refractivity contribution in [3.63, 3.8) is 0 Å². The lowest BCUT2D eigenvalue weighted by Gasteiger charge is -2.11. The first-order chi connectivity index (χ1) is 8.38. The molecule has 3 nitrogen and oxygen atoms in total. The molecule has 18 heavy (non-hydrogen) atoms. The Morgan fingerprint density at radius 1 is 1.39 bits per heavy atom. The summed E-state index contributed by atoms with van der Waals surface area (Å²) in [6, 6.07) is 3.37. The molecule has 0 bridgehead atoms. The number of rotatable bonds is 4. The monoisotopic (exact) mass is 260 g/mol. The van der Waals surface area contributed by atoms with E-state index < -0.39 is 23.3 Å². The molecule has 1 rings (SSSR count). The zero-order valence-corrected chi connectivity index (χ0v) is 9.58. The van der Waals surface area contributed by atoms with E-state index in [0.717, 1.165) is 12.1 Å². The van der Waals surface area contributed by atoms with Gasteiger partial charge < -0.3 is 4.74 Å². The molecule has 0 spiro atoms. The number of hydrogen-bond acceptors (Lipinski definition) is 3. The number of halogens is 3. The molecule has 98 valence electrons. The van der Waals surface area contributed by atoms with Crippen LogP contribution in [0.2, 0.25) is 0 Å². The summed E-state index contributed by atoms with van der Waals surface area (Å²) in [5.74, 6) is -0.497. The van der Waals surface area contributed by atoms with E-state index in [0.29, 0.717) is 5.56 Å². The van der Waals surface area contributed by atoms with E-state index in [1.807, 2.05) is 0 Å². The molecular weight excluding hydrogens is 249 g/mol. The molecule has 1 aromatic rings. The second-order valence-electron chi connectivity index (χ2n) is 3.61. The molecular formula is C12H11F3O3. The van der Waals surface area contributed by atoms with Crippen molar-refractivity contribution in [2.45, 2.75) is 19.0 Å². The van der Waals surface area contributed by atoms with Gasteiger partial charge in [-0.2, -0.15) is 13.2 Å². The Balaban J connectivity index is 2.96. The highest BCUT2D eigenvalue weighted by molar-refractivity contribution is 5.78. The van der Waals surface area contributed by atoms with Gasteiger partial charge in [-0.05, 0) is 18.1 Å². The largest absolute Gasteiger partial charge is 0.469 e. The van der Waals surface area contributed by atoms with Gasteiger partial charge in [0, 0.05) is 12.0 Å². The second-order valence-corrected chi connectivity index (χ2v) is 3.61. The quantitative estimate of drug-likeness (QED) is 0.617. The Labute approximate surface area is 102 Å². The lowest BCUT2D eigenvalue weighted by Crippen LogP contribution is -2.10. The molecule has 0 aliphatic carbocycles. The fourth-order valence-corrected chi connectivity index (χ4v) is 1.46. The maximum Gasteiger partial charge on any atom is 0.417 e. The van der Waals surface area contributed by atoms with Crippen LogP contribution in [0.25, 0.3) is 0 Å². The summed E-state index contributed by atoms with van der Waals surface area (Å²) in [4.78, 5) is 21.4. The molecule has 0 aliphatic heterocycles.